The molecule has 3 N–H and O–H groups in total. The minimum atomic E-state index is -0.212. The molecule has 0 fully saturated rings. The van der Waals surface area contributed by atoms with E-state index in [0.29, 0.717) is 27.8 Å². The summed E-state index contributed by atoms with van der Waals surface area (Å²) in [6, 6.07) is 15.5. The quantitative estimate of drug-likeness (QED) is 0.607. The average molecular weight is 407 g/mol. The Labute approximate surface area is 173 Å². The summed E-state index contributed by atoms with van der Waals surface area (Å²) >= 11 is 1.19. The molecule has 29 heavy (non-hydrogen) atoms. The van der Waals surface area contributed by atoms with Crippen molar-refractivity contribution in [3.63, 3.8) is 0 Å². The van der Waals surface area contributed by atoms with Gasteiger partial charge in [0.1, 0.15) is 4.88 Å². The molecule has 0 saturated carbocycles. The third-order valence-electron chi connectivity index (χ3n) is 4.87. The minimum absolute atomic E-state index is 0.189. The van der Waals surface area contributed by atoms with Crippen LogP contribution in [-0.2, 0) is 19.5 Å². The van der Waals surface area contributed by atoms with Gasteiger partial charge in [0, 0.05) is 18.7 Å². The van der Waals surface area contributed by atoms with E-state index in [-0.39, 0.29) is 11.8 Å². The van der Waals surface area contributed by atoms with Gasteiger partial charge in [-0.3, -0.25) is 14.9 Å². The van der Waals surface area contributed by atoms with Crippen molar-refractivity contribution < 1.29 is 9.59 Å². The largest absolute Gasteiger partial charge is 0.347 e. The van der Waals surface area contributed by atoms with Crippen molar-refractivity contribution in [3.8, 4) is 0 Å². The molecule has 148 valence electrons. The van der Waals surface area contributed by atoms with E-state index in [2.05, 4.69) is 20.9 Å². The van der Waals surface area contributed by atoms with Crippen molar-refractivity contribution >= 4 is 28.3 Å². The van der Waals surface area contributed by atoms with Crippen molar-refractivity contribution in [1.82, 2.24) is 15.6 Å². The Bertz CT molecular complexity index is 1050. The first-order chi connectivity index (χ1) is 14.1. The topological polar surface area (TPSA) is 83.1 Å². The number of thiazole rings is 1. The number of carbonyl (C=O) groups excluding carboxylic acids is 2. The number of carbonyl (C=O) groups is 2. The van der Waals surface area contributed by atoms with Crippen LogP contribution >= 0.6 is 11.3 Å². The number of nitrogens with zero attached hydrogens (tertiary/aromatic N) is 1. The summed E-state index contributed by atoms with van der Waals surface area (Å²) < 4.78 is 0. The summed E-state index contributed by atoms with van der Waals surface area (Å²) in [5.74, 6) is -0.401. The SMILES string of the molecule is Cc1nc(NC(=O)c2ccc3c(c2)CCNC3)sc1C(=O)NCc1ccccc1. The highest BCUT2D eigenvalue weighted by Gasteiger charge is 2.18. The number of aromatic nitrogens is 1. The van der Waals surface area contributed by atoms with E-state index < -0.39 is 0 Å². The second-order valence-corrected chi connectivity index (χ2v) is 7.97. The van der Waals surface area contributed by atoms with Crippen molar-refractivity contribution in [2.24, 2.45) is 0 Å². The first-order valence-electron chi connectivity index (χ1n) is 9.53. The van der Waals surface area contributed by atoms with Gasteiger partial charge in [-0.05, 0) is 48.7 Å². The number of amides is 2. The van der Waals surface area contributed by atoms with Gasteiger partial charge in [-0.2, -0.15) is 0 Å². The van der Waals surface area contributed by atoms with Crippen LogP contribution in [0.1, 0.15) is 42.4 Å². The molecule has 1 aromatic heterocycles. The summed E-state index contributed by atoms with van der Waals surface area (Å²) in [4.78, 5) is 30.0. The van der Waals surface area contributed by atoms with E-state index in [9.17, 15) is 9.59 Å². The first-order valence-corrected chi connectivity index (χ1v) is 10.4. The maximum atomic E-state index is 12.6. The average Bonchev–Trinajstić information content (AvgIpc) is 3.12. The molecular formula is C22H22N4O2S. The summed E-state index contributed by atoms with van der Waals surface area (Å²) in [7, 11) is 0. The zero-order chi connectivity index (χ0) is 20.2. The molecule has 0 radical (unpaired) electrons. The lowest BCUT2D eigenvalue weighted by atomic mass is 9.98. The maximum Gasteiger partial charge on any atom is 0.263 e. The highest BCUT2D eigenvalue weighted by Crippen LogP contribution is 2.24. The van der Waals surface area contributed by atoms with E-state index in [1.807, 2.05) is 48.5 Å². The van der Waals surface area contributed by atoms with Gasteiger partial charge in [0.25, 0.3) is 11.8 Å². The fourth-order valence-electron chi connectivity index (χ4n) is 3.31. The standard InChI is InChI=1S/C22H22N4O2S/c1-14-19(21(28)24-12-15-5-3-2-4-6-15)29-22(25-14)26-20(27)17-7-8-18-13-23-10-9-16(18)11-17/h2-8,11,23H,9-10,12-13H2,1H3,(H,24,28)(H,25,26,27). The van der Waals surface area contributed by atoms with Crippen LogP contribution in [0.4, 0.5) is 5.13 Å². The minimum Gasteiger partial charge on any atom is -0.347 e. The van der Waals surface area contributed by atoms with Gasteiger partial charge in [0.2, 0.25) is 0 Å². The number of aryl methyl sites for hydroxylation is 1. The maximum absolute atomic E-state index is 12.6. The summed E-state index contributed by atoms with van der Waals surface area (Å²) in [5.41, 5.74) is 4.67. The van der Waals surface area contributed by atoms with E-state index >= 15 is 0 Å². The molecule has 3 aromatic rings. The zero-order valence-electron chi connectivity index (χ0n) is 16.1. The fourth-order valence-corrected chi connectivity index (χ4v) is 4.18. The van der Waals surface area contributed by atoms with E-state index in [1.54, 1.807) is 6.92 Å². The van der Waals surface area contributed by atoms with Gasteiger partial charge in [0.05, 0.1) is 5.69 Å². The summed E-state index contributed by atoms with van der Waals surface area (Å²) in [5, 5.41) is 9.48. The van der Waals surface area contributed by atoms with Crippen molar-refractivity contribution in [1.29, 1.82) is 0 Å². The highest BCUT2D eigenvalue weighted by atomic mass is 32.1. The van der Waals surface area contributed by atoms with Gasteiger partial charge >= 0.3 is 0 Å². The predicted molar refractivity (Wildman–Crippen MR) is 114 cm³/mol. The number of hydrogen-bond donors (Lipinski definition) is 3. The molecule has 0 aliphatic carbocycles. The van der Waals surface area contributed by atoms with Crippen LogP contribution in [0.15, 0.2) is 48.5 Å². The number of benzene rings is 2. The van der Waals surface area contributed by atoms with Crippen molar-refractivity contribution in [3.05, 3.63) is 81.4 Å². The number of rotatable bonds is 5. The molecule has 7 heteroatoms. The molecule has 0 saturated heterocycles. The van der Waals surface area contributed by atoms with Crippen LogP contribution in [0.2, 0.25) is 0 Å². The second-order valence-electron chi connectivity index (χ2n) is 6.97. The number of anilines is 1. The second kappa shape index (κ2) is 8.55. The zero-order valence-corrected chi connectivity index (χ0v) is 16.9. The summed E-state index contributed by atoms with van der Waals surface area (Å²) in [6.45, 7) is 3.98. The Balaban J connectivity index is 1.42. The Morgan fingerprint density at radius 1 is 1.10 bits per heavy atom. The summed E-state index contributed by atoms with van der Waals surface area (Å²) in [6.07, 6.45) is 0.915. The lowest BCUT2D eigenvalue weighted by Gasteiger charge is -2.17. The smallest absolute Gasteiger partial charge is 0.263 e. The molecule has 0 unspecified atom stereocenters. The lowest BCUT2D eigenvalue weighted by molar-refractivity contribution is 0.0953. The predicted octanol–water partition coefficient (Wildman–Crippen LogP) is 3.28. The Kier molecular flexibility index (Phi) is 5.69. The van der Waals surface area contributed by atoms with Crippen LogP contribution in [-0.4, -0.2) is 23.3 Å². The molecule has 2 aromatic carbocycles. The van der Waals surface area contributed by atoms with Crippen molar-refractivity contribution in [2.45, 2.75) is 26.4 Å². The van der Waals surface area contributed by atoms with E-state index in [0.717, 1.165) is 25.1 Å². The van der Waals surface area contributed by atoms with Gasteiger partial charge < -0.3 is 10.6 Å². The van der Waals surface area contributed by atoms with Crippen LogP contribution < -0.4 is 16.0 Å². The lowest BCUT2D eigenvalue weighted by Crippen LogP contribution is -2.24. The van der Waals surface area contributed by atoms with Crippen LogP contribution in [0, 0.1) is 6.92 Å². The monoisotopic (exact) mass is 406 g/mol. The molecule has 6 nitrogen and oxygen atoms in total. The van der Waals surface area contributed by atoms with Gasteiger partial charge in [-0.1, -0.05) is 47.7 Å². The number of hydrogen-bond acceptors (Lipinski definition) is 5. The molecule has 0 bridgehead atoms. The molecule has 2 heterocycles. The fraction of sp³-hybridized carbons (Fsp3) is 0.227. The first kappa shape index (κ1) is 19.3. The normalized spacial score (nSPS) is 12.9. The molecule has 1 aliphatic rings. The number of nitrogens with one attached hydrogen (secondary N) is 3. The molecule has 1 aliphatic heterocycles. The third-order valence-corrected chi connectivity index (χ3v) is 5.95. The molecule has 0 atom stereocenters. The van der Waals surface area contributed by atoms with Gasteiger partial charge in [-0.15, -0.1) is 0 Å². The number of fused-ring (bicyclic) bond motifs is 1. The molecule has 4 rings (SSSR count). The van der Waals surface area contributed by atoms with Crippen LogP contribution in [0.3, 0.4) is 0 Å². The Hall–Kier alpha value is -3.03. The Morgan fingerprint density at radius 3 is 2.76 bits per heavy atom. The van der Waals surface area contributed by atoms with E-state index in [4.69, 9.17) is 0 Å². The highest BCUT2D eigenvalue weighted by molar-refractivity contribution is 7.17. The Morgan fingerprint density at radius 2 is 1.93 bits per heavy atom. The molecule has 0 spiro atoms. The van der Waals surface area contributed by atoms with Crippen molar-refractivity contribution in [2.75, 3.05) is 11.9 Å². The van der Waals surface area contributed by atoms with Gasteiger partial charge in [0.15, 0.2) is 5.13 Å². The third kappa shape index (κ3) is 4.52. The van der Waals surface area contributed by atoms with Gasteiger partial charge in [-0.25, -0.2) is 4.98 Å². The van der Waals surface area contributed by atoms with Crippen LogP contribution in [0.25, 0.3) is 0 Å². The van der Waals surface area contributed by atoms with Crippen LogP contribution in [0.5, 0.6) is 0 Å². The molecule has 2 amide bonds. The van der Waals surface area contributed by atoms with E-state index in [1.165, 1.54) is 22.5 Å². The molecular weight excluding hydrogens is 384 g/mol.